The summed E-state index contributed by atoms with van der Waals surface area (Å²) in [5, 5.41) is 3.08. The summed E-state index contributed by atoms with van der Waals surface area (Å²) in [6, 6.07) is 0. The van der Waals surface area contributed by atoms with Crippen molar-refractivity contribution in [3.63, 3.8) is 0 Å². The molecule has 0 aliphatic carbocycles. The van der Waals surface area contributed by atoms with Crippen molar-refractivity contribution in [2.24, 2.45) is 5.73 Å². The highest BCUT2D eigenvalue weighted by Crippen LogP contribution is 2.24. The molecule has 7 heteroatoms. The minimum atomic E-state index is -0.491. The molecular weight excluding hydrogens is 274 g/mol. The number of carbonyl (C=O) groups excluding carboxylic acids is 1. The lowest BCUT2D eigenvalue weighted by molar-refractivity contribution is -0.118. The van der Waals surface area contributed by atoms with E-state index in [4.69, 9.17) is 11.5 Å². The lowest BCUT2D eigenvalue weighted by atomic mass is 10.0. The normalized spacial score (nSPS) is 11.2. The van der Waals surface area contributed by atoms with Gasteiger partial charge >= 0.3 is 0 Å². The average molecular weight is 288 g/mol. The van der Waals surface area contributed by atoms with Gasteiger partial charge in [-0.2, -0.15) is 4.98 Å². The molecule has 16 heavy (non-hydrogen) atoms. The van der Waals surface area contributed by atoms with Crippen LogP contribution < -0.4 is 16.8 Å². The molecule has 0 fully saturated rings. The summed E-state index contributed by atoms with van der Waals surface area (Å²) in [7, 11) is 0. The van der Waals surface area contributed by atoms with Crippen LogP contribution in [0.5, 0.6) is 0 Å². The molecule has 1 aromatic heterocycles. The van der Waals surface area contributed by atoms with E-state index in [-0.39, 0.29) is 18.3 Å². The van der Waals surface area contributed by atoms with Crippen molar-refractivity contribution in [3.05, 3.63) is 10.7 Å². The Morgan fingerprint density at radius 1 is 1.62 bits per heavy atom. The molecular formula is C9H14BrN5O. The molecule has 0 spiro atoms. The molecule has 1 rings (SSSR count). The molecule has 0 atom stereocenters. The van der Waals surface area contributed by atoms with Crippen LogP contribution in [0.2, 0.25) is 0 Å². The van der Waals surface area contributed by atoms with Crippen LogP contribution in [0.4, 0.5) is 11.8 Å². The molecule has 0 aliphatic rings. The topological polar surface area (TPSA) is 107 Å². The molecule has 1 aromatic rings. The van der Waals surface area contributed by atoms with E-state index in [1.807, 2.05) is 13.8 Å². The first-order valence-corrected chi connectivity index (χ1v) is 5.44. The molecule has 0 saturated carbocycles. The molecule has 1 amide bonds. The Balaban J connectivity index is 2.86. The second-order valence-corrected chi connectivity index (χ2v) is 4.93. The number of aromatic nitrogens is 2. The minimum absolute atomic E-state index is 0.167. The Bertz CT molecular complexity index is 407. The Hall–Kier alpha value is -1.37. The van der Waals surface area contributed by atoms with E-state index in [0.717, 1.165) is 0 Å². The smallest absolute Gasteiger partial charge is 0.221 e. The van der Waals surface area contributed by atoms with Gasteiger partial charge in [-0.3, -0.25) is 4.79 Å². The molecule has 0 unspecified atom stereocenters. The van der Waals surface area contributed by atoms with Gasteiger partial charge in [0.25, 0.3) is 0 Å². The predicted octanol–water partition coefficient (Wildman–Crippen LogP) is 0.887. The SMILES string of the molecule is CC(C)(CC(N)=O)Nc1nc(N)ncc1Br. The first-order chi connectivity index (χ1) is 7.30. The fourth-order valence-electron chi connectivity index (χ4n) is 1.27. The Morgan fingerprint density at radius 2 is 2.25 bits per heavy atom. The van der Waals surface area contributed by atoms with Crippen molar-refractivity contribution in [2.45, 2.75) is 25.8 Å². The van der Waals surface area contributed by atoms with Gasteiger partial charge in [0.15, 0.2) is 0 Å². The number of carbonyl (C=O) groups is 1. The van der Waals surface area contributed by atoms with Gasteiger partial charge in [-0.05, 0) is 29.8 Å². The third-order valence-electron chi connectivity index (χ3n) is 1.84. The van der Waals surface area contributed by atoms with E-state index in [9.17, 15) is 4.79 Å². The number of hydrogen-bond donors (Lipinski definition) is 3. The van der Waals surface area contributed by atoms with E-state index in [1.54, 1.807) is 6.20 Å². The Labute approximate surface area is 102 Å². The zero-order valence-electron chi connectivity index (χ0n) is 9.12. The molecule has 0 bridgehead atoms. The average Bonchev–Trinajstić information content (AvgIpc) is 2.08. The van der Waals surface area contributed by atoms with Crippen molar-refractivity contribution in [1.82, 2.24) is 9.97 Å². The zero-order valence-corrected chi connectivity index (χ0v) is 10.7. The Morgan fingerprint density at radius 3 is 2.81 bits per heavy atom. The van der Waals surface area contributed by atoms with E-state index in [1.165, 1.54) is 0 Å². The number of nitrogens with two attached hydrogens (primary N) is 2. The van der Waals surface area contributed by atoms with Crippen LogP contribution >= 0.6 is 15.9 Å². The first-order valence-electron chi connectivity index (χ1n) is 4.65. The quantitative estimate of drug-likeness (QED) is 0.762. The third kappa shape index (κ3) is 3.65. The van der Waals surface area contributed by atoms with E-state index in [2.05, 4.69) is 31.2 Å². The van der Waals surface area contributed by atoms with Crippen molar-refractivity contribution >= 4 is 33.6 Å². The molecule has 6 nitrogen and oxygen atoms in total. The summed E-state index contributed by atoms with van der Waals surface area (Å²) >= 11 is 3.29. The highest BCUT2D eigenvalue weighted by atomic mass is 79.9. The number of rotatable bonds is 4. The molecule has 1 heterocycles. The molecule has 5 N–H and O–H groups in total. The van der Waals surface area contributed by atoms with Gasteiger partial charge in [0, 0.05) is 18.2 Å². The van der Waals surface area contributed by atoms with Crippen LogP contribution in [0, 0.1) is 0 Å². The number of nitrogen functional groups attached to an aromatic ring is 1. The van der Waals surface area contributed by atoms with Gasteiger partial charge in [0.2, 0.25) is 11.9 Å². The monoisotopic (exact) mass is 287 g/mol. The minimum Gasteiger partial charge on any atom is -0.370 e. The maximum Gasteiger partial charge on any atom is 0.221 e. The van der Waals surface area contributed by atoms with Crippen LogP contribution in [-0.2, 0) is 4.79 Å². The van der Waals surface area contributed by atoms with Gasteiger partial charge in [-0.25, -0.2) is 4.98 Å². The summed E-state index contributed by atoms with van der Waals surface area (Å²) in [5.74, 6) is 0.329. The predicted molar refractivity (Wildman–Crippen MR) is 65.7 cm³/mol. The fraction of sp³-hybridized carbons (Fsp3) is 0.444. The van der Waals surface area contributed by atoms with Crippen LogP contribution in [0.1, 0.15) is 20.3 Å². The number of halogens is 1. The molecule has 0 aliphatic heterocycles. The van der Waals surface area contributed by atoms with Crippen LogP contribution in [0.3, 0.4) is 0 Å². The third-order valence-corrected chi connectivity index (χ3v) is 2.42. The first kappa shape index (κ1) is 12.7. The van der Waals surface area contributed by atoms with Crippen LogP contribution in [0.25, 0.3) is 0 Å². The highest BCUT2D eigenvalue weighted by Gasteiger charge is 2.22. The van der Waals surface area contributed by atoms with Crippen molar-refractivity contribution in [3.8, 4) is 0 Å². The van der Waals surface area contributed by atoms with Gasteiger partial charge in [-0.1, -0.05) is 0 Å². The van der Waals surface area contributed by atoms with Crippen molar-refractivity contribution in [2.75, 3.05) is 11.1 Å². The number of primary amides is 1. The summed E-state index contributed by atoms with van der Waals surface area (Å²) < 4.78 is 0.680. The molecule has 0 aromatic carbocycles. The zero-order chi connectivity index (χ0) is 12.3. The molecule has 0 radical (unpaired) electrons. The standard InChI is InChI=1S/C9H14BrN5O/c1-9(2,3-6(11)16)15-7-5(10)4-13-8(12)14-7/h4H,3H2,1-2H3,(H2,11,16)(H3,12,13,14,15). The number of hydrogen-bond acceptors (Lipinski definition) is 5. The number of nitrogens with zero attached hydrogens (tertiary/aromatic N) is 2. The number of nitrogens with one attached hydrogen (secondary N) is 1. The molecule has 0 saturated heterocycles. The maximum atomic E-state index is 10.9. The van der Waals surface area contributed by atoms with E-state index < -0.39 is 5.54 Å². The van der Waals surface area contributed by atoms with E-state index in [0.29, 0.717) is 10.3 Å². The Kier molecular flexibility index (Phi) is 3.69. The summed E-state index contributed by atoms with van der Waals surface area (Å²) in [5.41, 5.74) is 10.1. The van der Waals surface area contributed by atoms with Gasteiger partial charge in [0.05, 0.1) is 4.47 Å². The van der Waals surface area contributed by atoms with Gasteiger partial charge in [0.1, 0.15) is 5.82 Å². The summed E-state index contributed by atoms with van der Waals surface area (Å²) in [6.45, 7) is 3.70. The van der Waals surface area contributed by atoms with Crippen LogP contribution in [-0.4, -0.2) is 21.4 Å². The number of amides is 1. The fourth-order valence-corrected chi connectivity index (χ4v) is 1.56. The van der Waals surface area contributed by atoms with Crippen LogP contribution in [0.15, 0.2) is 10.7 Å². The summed E-state index contributed by atoms with van der Waals surface area (Å²) in [4.78, 5) is 18.7. The maximum absolute atomic E-state index is 10.9. The van der Waals surface area contributed by atoms with Crippen molar-refractivity contribution < 1.29 is 4.79 Å². The second kappa shape index (κ2) is 4.65. The van der Waals surface area contributed by atoms with Gasteiger partial charge in [-0.15, -0.1) is 0 Å². The second-order valence-electron chi connectivity index (χ2n) is 4.08. The summed E-state index contributed by atoms with van der Waals surface area (Å²) in [6.07, 6.45) is 1.74. The largest absolute Gasteiger partial charge is 0.370 e. The van der Waals surface area contributed by atoms with Gasteiger partial charge < -0.3 is 16.8 Å². The number of anilines is 2. The van der Waals surface area contributed by atoms with Crippen molar-refractivity contribution in [1.29, 1.82) is 0 Å². The highest BCUT2D eigenvalue weighted by molar-refractivity contribution is 9.10. The lowest BCUT2D eigenvalue weighted by Crippen LogP contribution is -2.36. The lowest BCUT2D eigenvalue weighted by Gasteiger charge is -2.25. The molecule has 88 valence electrons. The van der Waals surface area contributed by atoms with E-state index >= 15 is 0 Å².